The number of nitrogen functional groups attached to an aromatic ring is 1. The fraction of sp³-hybridized carbons (Fsp3) is 0.421. The van der Waals surface area contributed by atoms with Crippen molar-refractivity contribution in [1.29, 1.82) is 0 Å². The van der Waals surface area contributed by atoms with Crippen LogP contribution >= 0.6 is 18.3 Å². The molecule has 0 aliphatic carbocycles. The molecule has 2 saturated heterocycles. The van der Waals surface area contributed by atoms with Crippen molar-refractivity contribution in [2.75, 3.05) is 18.9 Å². The molecule has 2 unspecified atom stereocenters. The molecule has 2 aliphatic heterocycles. The largest absolute Gasteiger partial charge is 0.387 e. The molecule has 0 radical (unpaired) electrons. The molecule has 0 bridgehead atoms. The van der Waals surface area contributed by atoms with E-state index >= 15 is 0 Å². The van der Waals surface area contributed by atoms with Crippen molar-refractivity contribution >= 4 is 47.1 Å². The molecule has 4 heterocycles. The van der Waals surface area contributed by atoms with E-state index in [0.717, 1.165) is 12.1 Å². The summed E-state index contributed by atoms with van der Waals surface area (Å²) >= 11 is 11.5. The van der Waals surface area contributed by atoms with Crippen LogP contribution in [0.4, 0.5) is 14.6 Å². The number of hydrogen-bond acceptors (Lipinski definition) is 11. The van der Waals surface area contributed by atoms with E-state index in [0.29, 0.717) is 11.2 Å². The average Bonchev–Trinajstić information content (AvgIpc) is 3.37. The molecule has 0 amide bonds. The second kappa shape index (κ2) is 9.54. The van der Waals surface area contributed by atoms with Gasteiger partial charge < -0.3 is 34.3 Å². The van der Waals surface area contributed by atoms with Gasteiger partial charge in [-0.3, -0.25) is 4.57 Å². The van der Waals surface area contributed by atoms with Crippen LogP contribution in [-0.4, -0.2) is 61.3 Å². The lowest BCUT2D eigenvalue weighted by atomic mass is 10.1. The van der Waals surface area contributed by atoms with Crippen LogP contribution in [-0.2, 0) is 30.1 Å². The number of aliphatic hydroxyl groups is 2. The van der Waals surface area contributed by atoms with E-state index in [9.17, 15) is 19.0 Å². The molecule has 2 fully saturated rings. The van der Waals surface area contributed by atoms with Gasteiger partial charge in [0.25, 0.3) is 0 Å². The lowest BCUT2D eigenvalue weighted by molar-refractivity contribution is -0.0533. The number of benzene rings is 1. The second-order valence-corrected chi connectivity index (χ2v) is 11.2. The van der Waals surface area contributed by atoms with Crippen molar-refractivity contribution < 1.29 is 37.3 Å². The number of aliphatic hydroxyl groups excluding tert-OH is 2. The smallest absolute Gasteiger partial charge is 0.327 e. The Morgan fingerprint density at radius 3 is 2.80 bits per heavy atom. The highest BCUT2D eigenvalue weighted by Crippen LogP contribution is 2.58. The summed E-state index contributed by atoms with van der Waals surface area (Å²) in [6.07, 6.45) is -2.64. The lowest BCUT2D eigenvalue weighted by Gasteiger charge is -2.33. The maximum atomic E-state index is 13.8. The fourth-order valence-electron chi connectivity index (χ4n) is 3.89. The van der Waals surface area contributed by atoms with Crippen LogP contribution in [0.15, 0.2) is 24.8 Å². The Morgan fingerprint density at radius 1 is 1.23 bits per heavy atom. The minimum absolute atomic E-state index is 0.0186. The van der Waals surface area contributed by atoms with Gasteiger partial charge in [0.05, 0.1) is 25.6 Å². The third kappa shape index (κ3) is 4.66. The van der Waals surface area contributed by atoms with E-state index in [4.69, 9.17) is 47.4 Å². The molecule has 188 valence electrons. The topological polar surface area (TPSA) is 147 Å². The van der Waals surface area contributed by atoms with Crippen LogP contribution in [0, 0.1) is 11.6 Å². The molecule has 0 saturated carbocycles. The Hall–Kier alpha value is -1.87. The maximum Gasteiger partial charge on any atom is 0.327 e. The summed E-state index contributed by atoms with van der Waals surface area (Å²) in [5, 5.41) is 21.1. The number of nitrogens with zero attached hydrogens (tertiary/aromatic N) is 4. The molecule has 4 N–H and O–H groups in total. The van der Waals surface area contributed by atoms with Gasteiger partial charge in [-0.15, -0.1) is 0 Å². The molecule has 16 heteroatoms. The van der Waals surface area contributed by atoms with Crippen molar-refractivity contribution in [2.24, 2.45) is 0 Å². The van der Waals surface area contributed by atoms with Gasteiger partial charge in [0.2, 0.25) is 0 Å². The Balaban J connectivity index is 1.29. The van der Waals surface area contributed by atoms with E-state index in [2.05, 4.69) is 15.0 Å². The molecule has 5 rings (SSSR count). The van der Waals surface area contributed by atoms with Gasteiger partial charge in [0.15, 0.2) is 29.3 Å². The van der Waals surface area contributed by atoms with Crippen LogP contribution < -0.4 is 5.73 Å². The minimum Gasteiger partial charge on any atom is -0.387 e. The van der Waals surface area contributed by atoms with E-state index in [1.807, 2.05) is 0 Å². The quantitative estimate of drug-likeness (QED) is 0.318. The number of aromatic nitrogens is 4. The summed E-state index contributed by atoms with van der Waals surface area (Å²) in [5.41, 5.74) is 6.64. The van der Waals surface area contributed by atoms with E-state index in [1.165, 1.54) is 17.2 Å². The molecule has 35 heavy (non-hydrogen) atoms. The fourth-order valence-corrected chi connectivity index (χ4v) is 6.27. The van der Waals surface area contributed by atoms with Gasteiger partial charge in [-0.2, -0.15) is 0 Å². The first-order valence-corrected chi connectivity index (χ1v) is 13.3. The predicted octanol–water partition coefficient (Wildman–Crippen LogP) is 2.38. The van der Waals surface area contributed by atoms with E-state index in [-0.39, 0.29) is 36.0 Å². The van der Waals surface area contributed by atoms with Crippen molar-refractivity contribution in [3.8, 4) is 0 Å². The third-order valence-electron chi connectivity index (χ3n) is 5.67. The number of fused-ring (bicyclic) bond motifs is 1. The van der Waals surface area contributed by atoms with Crippen molar-refractivity contribution in [1.82, 2.24) is 19.5 Å². The zero-order valence-electron chi connectivity index (χ0n) is 17.7. The molecule has 6 atom stereocenters. The summed E-state index contributed by atoms with van der Waals surface area (Å²) in [6, 6.07) is 1.81. The Morgan fingerprint density at radius 2 is 2.00 bits per heavy atom. The van der Waals surface area contributed by atoms with Crippen LogP contribution in [0.2, 0.25) is 5.02 Å². The summed E-state index contributed by atoms with van der Waals surface area (Å²) < 4.78 is 51.4. The Labute approximate surface area is 207 Å². The van der Waals surface area contributed by atoms with Crippen LogP contribution in [0.1, 0.15) is 24.3 Å². The predicted molar refractivity (Wildman–Crippen MR) is 122 cm³/mol. The van der Waals surface area contributed by atoms with Crippen LogP contribution in [0.25, 0.3) is 11.2 Å². The summed E-state index contributed by atoms with van der Waals surface area (Å²) in [6.45, 7) is -3.54. The van der Waals surface area contributed by atoms with Crippen molar-refractivity contribution in [3.63, 3.8) is 0 Å². The first-order valence-electron chi connectivity index (χ1n) is 10.3. The highest BCUT2D eigenvalue weighted by Gasteiger charge is 2.45. The van der Waals surface area contributed by atoms with E-state index in [1.54, 1.807) is 0 Å². The van der Waals surface area contributed by atoms with Gasteiger partial charge in [-0.05, 0) is 23.9 Å². The van der Waals surface area contributed by atoms with Crippen molar-refractivity contribution in [3.05, 3.63) is 47.0 Å². The number of rotatable bonds is 5. The summed E-state index contributed by atoms with van der Waals surface area (Å²) in [5.74, 6) is -2.00. The number of anilines is 1. The molecular weight excluding hydrogens is 531 g/mol. The van der Waals surface area contributed by atoms with Crippen LogP contribution in [0.3, 0.4) is 0 Å². The summed E-state index contributed by atoms with van der Waals surface area (Å²) in [7, 11) is 0. The number of ether oxygens (including phenoxy) is 1. The molecule has 2 aromatic heterocycles. The van der Waals surface area contributed by atoms with Crippen LogP contribution in [0.5, 0.6) is 0 Å². The SMILES string of the molecule is Nc1ncnc2c1ncn2[C@@H]1O[C@H](COP2(=S)OCCC(c3cc(F)c(F)cc3Cl)O2)[C@H](O)[C@@H]1O. The monoisotopic (exact) mass is 549 g/mol. The first-order chi connectivity index (χ1) is 16.7. The van der Waals surface area contributed by atoms with Gasteiger partial charge in [0, 0.05) is 17.0 Å². The van der Waals surface area contributed by atoms with E-state index < -0.39 is 49.0 Å². The maximum absolute atomic E-state index is 13.8. The molecule has 1 aromatic carbocycles. The first kappa shape index (κ1) is 24.8. The molecule has 0 spiro atoms. The van der Waals surface area contributed by atoms with Gasteiger partial charge in [-0.1, -0.05) is 11.6 Å². The zero-order chi connectivity index (χ0) is 24.9. The summed E-state index contributed by atoms with van der Waals surface area (Å²) in [4.78, 5) is 12.1. The Kier molecular flexibility index (Phi) is 6.76. The molecule has 2 aliphatic rings. The number of hydrogen-bond donors (Lipinski definition) is 3. The van der Waals surface area contributed by atoms with Gasteiger partial charge in [-0.25, -0.2) is 23.7 Å². The highest BCUT2D eigenvalue weighted by molar-refractivity contribution is 8.07. The zero-order valence-corrected chi connectivity index (χ0v) is 20.2. The Bertz CT molecular complexity index is 1320. The van der Waals surface area contributed by atoms with Gasteiger partial charge >= 0.3 is 6.72 Å². The number of halogens is 3. The number of nitrogens with two attached hydrogens (primary N) is 1. The van der Waals surface area contributed by atoms with Crippen molar-refractivity contribution in [2.45, 2.75) is 37.1 Å². The third-order valence-corrected chi connectivity index (χ3v) is 8.36. The van der Waals surface area contributed by atoms with Gasteiger partial charge in [0.1, 0.15) is 30.2 Å². The minimum atomic E-state index is -3.38. The normalized spacial score (nSPS) is 31.3. The molecule has 3 aromatic rings. The standard InChI is InChI=1S/C19H19ClF2N5O6PS/c20-9-4-11(22)10(21)3-8(9)12-1-2-30-34(35,33-12)31-5-13-15(28)16(29)19(32-13)27-7-26-14-17(23)24-6-25-18(14)27/h3-4,6-7,12-13,15-16,19,28-29H,1-2,5H2,(H2,23,24,25)/t12?,13-,15+,16+,19-,34?/m1/s1. The second-order valence-electron chi connectivity index (χ2n) is 7.88. The molecule has 11 nitrogen and oxygen atoms in total. The highest BCUT2D eigenvalue weighted by atomic mass is 35.5. The average molecular weight is 550 g/mol. The number of imidazole rings is 1. The molecular formula is C19H19ClF2N5O6PS. The lowest BCUT2D eigenvalue weighted by Crippen LogP contribution is -2.34.